The summed E-state index contributed by atoms with van der Waals surface area (Å²) in [7, 11) is 0. The van der Waals surface area contributed by atoms with E-state index in [-0.39, 0.29) is 12.5 Å². The lowest BCUT2D eigenvalue weighted by molar-refractivity contribution is -0.128. The van der Waals surface area contributed by atoms with Gasteiger partial charge in [0.2, 0.25) is 5.91 Å². The van der Waals surface area contributed by atoms with Crippen molar-refractivity contribution in [1.29, 1.82) is 0 Å². The number of rotatable bonds is 6. The number of likely N-dealkylation sites (tertiary alicyclic amines) is 1. The number of carbonyl (C=O) groups excluding carboxylic acids is 3. The van der Waals surface area contributed by atoms with Crippen LogP contribution >= 0.6 is 22.6 Å². The van der Waals surface area contributed by atoms with Crippen LogP contribution in [0.1, 0.15) is 28.8 Å². The van der Waals surface area contributed by atoms with Crippen LogP contribution in [0.3, 0.4) is 0 Å². The van der Waals surface area contributed by atoms with E-state index in [4.69, 9.17) is 4.74 Å². The fraction of sp³-hybridized carbons (Fsp3) is 0.250. The number of anilines is 1. The van der Waals surface area contributed by atoms with Gasteiger partial charge in [-0.2, -0.15) is 0 Å². The van der Waals surface area contributed by atoms with Crippen molar-refractivity contribution in [3.8, 4) is 0 Å². The van der Waals surface area contributed by atoms with Crippen molar-refractivity contribution in [1.82, 2.24) is 4.90 Å². The first kappa shape index (κ1) is 19.3. The van der Waals surface area contributed by atoms with Gasteiger partial charge in [-0.15, -0.1) is 0 Å². The van der Waals surface area contributed by atoms with E-state index in [2.05, 4.69) is 27.9 Å². The Kier molecular flexibility index (Phi) is 6.44. The van der Waals surface area contributed by atoms with Crippen LogP contribution in [0.2, 0.25) is 0 Å². The maximum Gasteiger partial charge on any atom is 0.338 e. The SMILES string of the molecule is O=C(COC(=O)c1cccc(CN2CCCC2=O)c1)Nc1cccc(I)c1. The van der Waals surface area contributed by atoms with Gasteiger partial charge in [0.15, 0.2) is 6.61 Å². The number of hydrogen-bond acceptors (Lipinski definition) is 4. The zero-order valence-corrected chi connectivity index (χ0v) is 16.8. The molecule has 3 rings (SSSR count). The lowest BCUT2D eigenvalue weighted by atomic mass is 10.1. The molecule has 140 valence electrons. The van der Waals surface area contributed by atoms with Crippen molar-refractivity contribution in [2.45, 2.75) is 19.4 Å². The molecule has 2 aromatic rings. The summed E-state index contributed by atoms with van der Waals surface area (Å²) in [5.74, 6) is -0.832. The second-order valence-electron chi connectivity index (χ2n) is 6.25. The summed E-state index contributed by atoms with van der Waals surface area (Å²) in [6.45, 7) is 0.859. The van der Waals surface area contributed by atoms with E-state index in [9.17, 15) is 14.4 Å². The molecule has 0 radical (unpaired) electrons. The Bertz CT molecular complexity index is 869. The van der Waals surface area contributed by atoms with Gasteiger partial charge >= 0.3 is 5.97 Å². The van der Waals surface area contributed by atoms with E-state index in [1.54, 1.807) is 29.2 Å². The minimum atomic E-state index is -0.567. The molecule has 1 aliphatic rings. The van der Waals surface area contributed by atoms with Crippen LogP contribution in [0.4, 0.5) is 5.69 Å². The van der Waals surface area contributed by atoms with Crippen molar-refractivity contribution in [3.05, 3.63) is 63.2 Å². The first-order valence-electron chi connectivity index (χ1n) is 8.60. The van der Waals surface area contributed by atoms with Crippen LogP contribution < -0.4 is 5.32 Å². The third kappa shape index (κ3) is 5.53. The number of benzene rings is 2. The number of amides is 2. The number of halogens is 1. The summed E-state index contributed by atoms with van der Waals surface area (Å²) in [5, 5.41) is 2.69. The van der Waals surface area contributed by atoms with Crippen LogP contribution in [0.5, 0.6) is 0 Å². The molecule has 2 aromatic carbocycles. The summed E-state index contributed by atoms with van der Waals surface area (Å²) < 4.78 is 6.10. The molecule has 0 unspecified atom stereocenters. The molecule has 7 heteroatoms. The summed E-state index contributed by atoms with van der Waals surface area (Å²) >= 11 is 2.15. The van der Waals surface area contributed by atoms with E-state index in [0.29, 0.717) is 24.2 Å². The fourth-order valence-electron chi connectivity index (χ4n) is 2.87. The number of nitrogens with zero attached hydrogens (tertiary/aromatic N) is 1. The van der Waals surface area contributed by atoms with E-state index < -0.39 is 11.9 Å². The zero-order valence-electron chi connectivity index (χ0n) is 14.6. The standard InChI is InChI=1S/C20H19IN2O4/c21-16-6-2-7-17(11-16)22-18(24)13-27-20(26)15-5-1-4-14(10-15)12-23-9-3-8-19(23)25/h1-2,4-7,10-11H,3,8-9,12-13H2,(H,22,24). The Labute approximate surface area is 171 Å². The van der Waals surface area contributed by atoms with Gasteiger partial charge in [-0.05, 0) is 64.9 Å². The van der Waals surface area contributed by atoms with Crippen LogP contribution in [0.25, 0.3) is 0 Å². The van der Waals surface area contributed by atoms with Gasteiger partial charge in [0.25, 0.3) is 5.91 Å². The molecule has 1 saturated heterocycles. The van der Waals surface area contributed by atoms with E-state index >= 15 is 0 Å². The molecule has 27 heavy (non-hydrogen) atoms. The maximum atomic E-state index is 12.2. The highest BCUT2D eigenvalue weighted by molar-refractivity contribution is 14.1. The van der Waals surface area contributed by atoms with Gasteiger partial charge < -0.3 is 15.0 Å². The van der Waals surface area contributed by atoms with Gasteiger partial charge in [-0.3, -0.25) is 9.59 Å². The normalized spacial score (nSPS) is 13.5. The molecule has 0 atom stereocenters. The Morgan fingerprint density at radius 2 is 1.96 bits per heavy atom. The Hall–Kier alpha value is -2.42. The van der Waals surface area contributed by atoms with Crippen molar-refractivity contribution in [2.75, 3.05) is 18.5 Å². The van der Waals surface area contributed by atoms with E-state index in [0.717, 1.165) is 22.1 Å². The second kappa shape index (κ2) is 8.98. The lowest BCUT2D eigenvalue weighted by Gasteiger charge is -2.15. The summed E-state index contributed by atoms with van der Waals surface area (Å²) in [6.07, 6.45) is 1.45. The molecule has 0 aromatic heterocycles. The van der Waals surface area contributed by atoms with Crippen molar-refractivity contribution in [3.63, 3.8) is 0 Å². The Balaban J connectivity index is 1.53. The molecule has 1 N–H and O–H groups in total. The van der Waals surface area contributed by atoms with Gasteiger partial charge in [0.05, 0.1) is 5.56 Å². The molecule has 0 bridgehead atoms. The second-order valence-corrected chi connectivity index (χ2v) is 7.50. The number of ether oxygens (including phenoxy) is 1. The quantitative estimate of drug-likeness (QED) is 0.511. The van der Waals surface area contributed by atoms with E-state index in [1.165, 1.54) is 0 Å². The summed E-state index contributed by atoms with van der Waals surface area (Å²) in [4.78, 5) is 37.7. The maximum absolute atomic E-state index is 12.2. The highest BCUT2D eigenvalue weighted by Crippen LogP contribution is 2.16. The number of carbonyl (C=O) groups is 3. The number of nitrogens with one attached hydrogen (secondary N) is 1. The Morgan fingerprint density at radius 3 is 2.70 bits per heavy atom. The molecule has 1 aliphatic heterocycles. The molecule has 6 nitrogen and oxygen atoms in total. The average Bonchev–Trinajstić information content (AvgIpc) is 3.04. The molecular formula is C20H19IN2O4. The minimum absolute atomic E-state index is 0.134. The smallest absolute Gasteiger partial charge is 0.338 e. The van der Waals surface area contributed by atoms with Crippen LogP contribution in [0.15, 0.2) is 48.5 Å². The minimum Gasteiger partial charge on any atom is -0.452 e. The van der Waals surface area contributed by atoms with Gasteiger partial charge in [0, 0.05) is 28.8 Å². The number of esters is 1. The molecule has 0 saturated carbocycles. The molecule has 1 heterocycles. The van der Waals surface area contributed by atoms with Crippen LogP contribution in [-0.4, -0.2) is 35.8 Å². The topological polar surface area (TPSA) is 75.7 Å². The first-order chi connectivity index (χ1) is 13.0. The van der Waals surface area contributed by atoms with Crippen LogP contribution in [0, 0.1) is 3.57 Å². The van der Waals surface area contributed by atoms with Crippen molar-refractivity contribution >= 4 is 46.1 Å². The molecular weight excluding hydrogens is 459 g/mol. The summed E-state index contributed by atoms with van der Waals surface area (Å²) in [6, 6.07) is 14.3. The monoisotopic (exact) mass is 478 g/mol. The molecule has 2 amide bonds. The lowest BCUT2D eigenvalue weighted by Crippen LogP contribution is -2.24. The van der Waals surface area contributed by atoms with Gasteiger partial charge in [-0.25, -0.2) is 4.79 Å². The molecule has 0 spiro atoms. The average molecular weight is 478 g/mol. The van der Waals surface area contributed by atoms with Crippen molar-refractivity contribution in [2.24, 2.45) is 0 Å². The zero-order chi connectivity index (χ0) is 19.2. The highest BCUT2D eigenvalue weighted by Gasteiger charge is 2.20. The third-order valence-electron chi connectivity index (χ3n) is 4.15. The number of hydrogen-bond donors (Lipinski definition) is 1. The fourth-order valence-corrected chi connectivity index (χ4v) is 3.41. The Morgan fingerprint density at radius 1 is 1.15 bits per heavy atom. The van der Waals surface area contributed by atoms with Gasteiger partial charge in [-0.1, -0.05) is 18.2 Å². The molecule has 1 fully saturated rings. The summed E-state index contributed by atoms with van der Waals surface area (Å²) in [5.41, 5.74) is 1.88. The van der Waals surface area contributed by atoms with E-state index in [1.807, 2.05) is 24.3 Å². The predicted octanol–water partition coefficient (Wildman–Crippen LogP) is 3.21. The largest absolute Gasteiger partial charge is 0.452 e. The van der Waals surface area contributed by atoms with Gasteiger partial charge in [0.1, 0.15) is 0 Å². The molecule has 0 aliphatic carbocycles. The van der Waals surface area contributed by atoms with Crippen molar-refractivity contribution < 1.29 is 19.1 Å². The third-order valence-corrected chi connectivity index (χ3v) is 4.82. The highest BCUT2D eigenvalue weighted by atomic mass is 127. The first-order valence-corrected chi connectivity index (χ1v) is 9.68. The predicted molar refractivity (Wildman–Crippen MR) is 109 cm³/mol. The van der Waals surface area contributed by atoms with Crippen LogP contribution in [-0.2, 0) is 20.9 Å².